The maximum Gasteiger partial charge on any atom is 0.228 e. The lowest BCUT2D eigenvalue weighted by Crippen LogP contribution is -2.15. The van der Waals surface area contributed by atoms with Crippen molar-refractivity contribution >= 4 is 34.8 Å². The second kappa shape index (κ2) is 8.11. The number of hydrogen-bond donors (Lipinski definition) is 1. The first-order valence-electron chi connectivity index (χ1n) is 8.35. The van der Waals surface area contributed by atoms with Crippen LogP contribution in [0.5, 0.6) is 0 Å². The maximum absolute atomic E-state index is 13.2. The van der Waals surface area contributed by atoms with Crippen molar-refractivity contribution in [3.05, 3.63) is 80.8 Å². The van der Waals surface area contributed by atoms with Crippen molar-refractivity contribution in [3.63, 3.8) is 0 Å². The molecule has 0 saturated carbocycles. The van der Waals surface area contributed by atoms with Gasteiger partial charge in [-0.15, -0.1) is 0 Å². The third kappa shape index (κ3) is 4.67. The Balaban J connectivity index is 1.75. The molecule has 1 amide bonds. The van der Waals surface area contributed by atoms with Crippen LogP contribution >= 0.6 is 23.2 Å². The molecule has 0 radical (unpaired) electrons. The highest BCUT2D eigenvalue weighted by Crippen LogP contribution is 2.23. The summed E-state index contributed by atoms with van der Waals surface area (Å²) in [6.07, 6.45) is 0.241. The highest BCUT2D eigenvalue weighted by atomic mass is 35.5. The van der Waals surface area contributed by atoms with E-state index in [9.17, 15) is 9.18 Å². The van der Waals surface area contributed by atoms with Crippen molar-refractivity contribution in [2.75, 3.05) is 5.32 Å². The highest BCUT2D eigenvalue weighted by molar-refractivity contribution is 6.31. The summed E-state index contributed by atoms with van der Waals surface area (Å²) in [5, 5.41) is 8.37. The fourth-order valence-corrected chi connectivity index (χ4v) is 3.17. The van der Waals surface area contributed by atoms with Gasteiger partial charge in [-0.2, -0.15) is 5.10 Å². The Morgan fingerprint density at radius 3 is 2.52 bits per heavy atom. The molecule has 0 aliphatic rings. The molecule has 7 heteroatoms. The van der Waals surface area contributed by atoms with Gasteiger partial charge >= 0.3 is 0 Å². The monoisotopic (exact) mass is 405 g/mol. The van der Waals surface area contributed by atoms with Gasteiger partial charge in [0.2, 0.25) is 5.91 Å². The molecule has 0 spiro atoms. The summed E-state index contributed by atoms with van der Waals surface area (Å²) in [6, 6.07) is 11.4. The summed E-state index contributed by atoms with van der Waals surface area (Å²) >= 11 is 12.0. The fraction of sp³-hybridized carbons (Fsp3) is 0.200. The number of amides is 1. The molecule has 0 saturated heterocycles. The molecule has 0 fully saturated rings. The van der Waals surface area contributed by atoms with E-state index in [-0.39, 0.29) is 18.1 Å². The largest absolute Gasteiger partial charge is 0.323 e. The molecule has 1 heterocycles. The Labute approximate surface area is 166 Å². The minimum Gasteiger partial charge on any atom is -0.323 e. The van der Waals surface area contributed by atoms with Gasteiger partial charge in [0.1, 0.15) is 5.82 Å². The summed E-state index contributed by atoms with van der Waals surface area (Å²) in [5.41, 5.74) is 3.81. The van der Waals surface area contributed by atoms with E-state index in [1.807, 2.05) is 26.0 Å². The normalized spacial score (nSPS) is 10.9. The first-order chi connectivity index (χ1) is 12.8. The van der Waals surface area contributed by atoms with Gasteiger partial charge in [0.05, 0.1) is 30.0 Å². The van der Waals surface area contributed by atoms with Crippen LogP contribution in [0.25, 0.3) is 0 Å². The zero-order valence-corrected chi connectivity index (χ0v) is 16.4. The molecule has 0 atom stereocenters. The number of aryl methyl sites for hydroxylation is 1. The Morgan fingerprint density at radius 1 is 1.15 bits per heavy atom. The van der Waals surface area contributed by atoms with Crippen LogP contribution in [0.3, 0.4) is 0 Å². The van der Waals surface area contributed by atoms with Gasteiger partial charge in [-0.1, -0.05) is 41.4 Å². The average molecular weight is 406 g/mol. The molecule has 3 rings (SSSR count). The third-order valence-corrected chi connectivity index (χ3v) is 4.86. The molecule has 0 unspecified atom stereocenters. The SMILES string of the molecule is Cc1nn(Cc2ccc(F)cc2Cl)c(C)c1NC(=O)Cc1ccc(Cl)cc1. The van der Waals surface area contributed by atoms with E-state index < -0.39 is 0 Å². The van der Waals surface area contributed by atoms with Crippen LogP contribution in [-0.2, 0) is 17.8 Å². The van der Waals surface area contributed by atoms with Crippen LogP contribution in [0.2, 0.25) is 10.0 Å². The van der Waals surface area contributed by atoms with Gasteiger partial charge < -0.3 is 5.32 Å². The number of nitrogens with one attached hydrogen (secondary N) is 1. The summed E-state index contributed by atoms with van der Waals surface area (Å²) in [6.45, 7) is 4.09. The third-order valence-electron chi connectivity index (χ3n) is 4.26. The summed E-state index contributed by atoms with van der Waals surface area (Å²) in [7, 11) is 0. The molecule has 1 aromatic heterocycles. The Morgan fingerprint density at radius 2 is 1.85 bits per heavy atom. The first kappa shape index (κ1) is 19.4. The maximum atomic E-state index is 13.2. The average Bonchev–Trinajstić information content (AvgIpc) is 2.87. The smallest absolute Gasteiger partial charge is 0.228 e. The van der Waals surface area contributed by atoms with E-state index in [0.29, 0.717) is 28.0 Å². The standard InChI is InChI=1S/C20H18Cl2FN3O/c1-12-20(24-19(27)9-14-3-6-16(21)7-4-14)13(2)26(25-12)11-15-5-8-17(23)10-18(15)22/h3-8,10H,9,11H2,1-2H3,(H,24,27). The van der Waals surface area contributed by atoms with Gasteiger partial charge in [0.15, 0.2) is 0 Å². The lowest BCUT2D eigenvalue weighted by atomic mass is 10.1. The minimum atomic E-state index is -0.382. The van der Waals surface area contributed by atoms with E-state index in [4.69, 9.17) is 23.2 Å². The number of anilines is 1. The molecule has 140 valence electrons. The van der Waals surface area contributed by atoms with Crippen molar-refractivity contribution in [1.29, 1.82) is 0 Å². The Kier molecular flexibility index (Phi) is 5.82. The van der Waals surface area contributed by atoms with Crippen LogP contribution in [-0.4, -0.2) is 15.7 Å². The van der Waals surface area contributed by atoms with Crippen molar-refractivity contribution in [3.8, 4) is 0 Å². The van der Waals surface area contributed by atoms with Crippen LogP contribution in [0.1, 0.15) is 22.5 Å². The van der Waals surface area contributed by atoms with E-state index in [1.165, 1.54) is 12.1 Å². The zero-order valence-electron chi connectivity index (χ0n) is 14.9. The Bertz CT molecular complexity index is 984. The lowest BCUT2D eigenvalue weighted by molar-refractivity contribution is -0.115. The topological polar surface area (TPSA) is 46.9 Å². The van der Waals surface area contributed by atoms with Crippen molar-refractivity contribution in [2.24, 2.45) is 0 Å². The number of nitrogens with zero attached hydrogens (tertiary/aromatic N) is 2. The van der Waals surface area contributed by atoms with Gasteiger partial charge in [0.25, 0.3) is 0 Å². The number of carbonyl (C=O) groups excluding carboxylic acids is 1. The predicted octanol–water partition coefficient (Wildman–Crippen LogP) is 5.18. The molecule has 0 aliphatic carbocycles. The van der Waals surface area contributed by atoms with Crippen LogP contribution in [0, 0.1) is 19.7 Å². The number of carbonyl (C=O) groups is 1. The van der Waals surface area contributed by atoms with E-state index in [1.54, 1.807) is 22.9 Å². The van der Waals surface area contributed by atoms with Gasteiger partial charge in [-0.25, -0.2) is 4.39 Å². The van der Waals surface area contributed by atoms with Gasteiger partial charge in [0, 0.05) is 10.0 Å². The zero-order chi connectivity index (χ0) is 19.6. The molecular formula is C20H18Cl2FN3O. The number of rotatable bonds is 5. The number of halogens is 3. The molecule has 4 nitrogen and oxygen atoms in total. The summed E-state index contributed by atoms with van der Waals surface area (Å²) < 4.78 is 15.0. The minimum absolute atomic E-state index is 0.136. The predicted molar refractivity (Wildman–Crippen MR) is 106 cm³/mol. The molecule has 1 N–H and O–H groups in total. The highest BCUT2D eigenvalue weighted by Gasteiger charge is 2.15. The molecule has 3 aromatic rings. The first-order valence-corrected chi connectivity index (χ1v) is 9.11. The number of hydrogen-bond acceptors (Lipinski definition) is 2. The van der Waals surface area contributed by atoms with E-state index >= 15 is 0 Å². The lowest BCUT2D eigenvalue weighted by Gasteiger charge is -2.09. The second-order valence-corrected chi connectivity index (χ2v) is 7.13. The van der Waals surface area contributed by atoms with Crippen LogP contribution in [0.4, 0.5) is 10.1 Å². The summed E-state index contributed by atoms with van der Waals surface area (Å²) in [4.78, 5) is 12.4. The van der Waals surface area contributed by atoms with Crippen molar-refractivity contribution in [2.45, 2.75) is 26.8 Å². The van der Waals surface area contributed by atoms with E-state index in [0.717, 1.165) is 16.8 Å². The van der Waals surface area contributed by atoms with Crippen molar-refractivity contribution < 1.29 is 9.18 Å². The summed E-state index contributed by atoms with van der Waals surface area (Å²) in [5.74, 6) is -0.518. The second-order valence-electron chi connectivity index (χ2n) is 6.29. The molecular weight excluding hydrogens is 388 g/mol. The molecule has 0 bridgehead atoms. The molecule has 0 aliphatic heterocycles. The Hall–Kier alpha value is -2.37. The number of aromatic nitrogens is 2. The van der Waals surface area contributed by atoms with Gasteiger partial charge in [-0.3, -0.25) is 9.48 Å². The molecule has 27 heavy (non-hydrogen) atoms. The van der Waals surface area contributed by atoms with E-state index in [2.05, 4.69) is 10.4 Å². The quantitative estimate of drug-likeness (QED) is 0.635. The fourth-order valence-electron chi connectivity index (χ4n) is 2.81. The molecule has 2 aromatic carbocycles. The van der Waals surface area contributed by atoms with Crippen molar-refractivity contribution in [1.82, 2.24) is 9.78 Å². The van der Waals surface area contributed by atoms with Crippen LogP contribution < -0.4 is 5.32 Å². The van der Waals surface area contributed by atoms with Gasteiger partial charge in [-0.05, 0) is 49.2 Å². The number of benzene rings is 2. The van der Waals surface area contributed by atoms with Crippen LogP contribution in [0.15, 0.2) is 42.5 Å².